The summed E-state index contributed by atoms with van der Waals surface area (Å²) >= 11 is 0. The largest absolute Gasteiger partial charge is 0.479 e. The number of amides is 1. The number of aliphatic carboxylic acids is 1. The van der Waals surface area contributed by atoms with Crippen molar-refractivity contribution in [2.45, 2.75) is 38.9 Å². The number of hydrogen-bond acceptors (Lipinski definition) is 6. The number of carboxylic acids is 1. The number of alkyl halides is 3. The SMILES string of the molecule is CC(C)(C)CC(=O)N(N)[C@](C(=O)O)(C(=C=O)c1ccccc1)c1cc(NC=NN)cc(C(F)(F)F)c1. The number of anilines is 1. The maximum absolute atomic E-state index is 13.8. The molecular weight excluding hydrogens is 479 g/mol. The predicted molar refractivity (Wildman–Crippen MR) is 128 cm³/mol. The summed E-state index contributed by atoms with van der Waals surface area (Å²) < 4.78 is 41.5. The molecule has 0 aliphatic rings. The lowest BCUT2D eigenvalue weighted by atomic mass is 9.77. The van der Waals surface area contributed by atoms with E-state index in [4.69, 9.17) is 11.7 Å². The number of rotatable bonds is 8. The Hall–Kier alpha value is -4.15. The average Bonchev–Trinajstić information content (AvgIpc) is 2.79. The number of carbonyl (C=O) groups is 2. The van der Waals surface area contributed by atoms with Crippen LogP contribution in [0.15, 0.2) is 53.6 Å². The van der Waals surface area contributed by atoms with Crippen LogP contribution < -0.4 is 17.0 Å². The Balaban J connectivity index is 3.03. The summed E-state index contributed by atoms with van der Waals surface area (Å²) in [4.78, 5) is 38.5. The molecule has 192 valence electrons. The van der Waals surface area contributed by atoms with Crippen molar-refractivity contribution < 1.29 is 32.7 Å². The van der Waals surface area contributed by atoms with E-state index in [9.17, 15) is 32.7 Å². The lowest BCUT2D eigenvalue weighted by Crippen LogP contribution is -2.59. The third-order valence-corrected chi connectivity index (χ3v) is 5.13. The molecule has 0 unspecified atom stereocenters. The Kier molecular flexibility index (Phi) is 8.29. The summed E-state index contributed by atoms with van der Waals surface area (Å²) in [6.45, 7) is 5.06. The number of carbonyl (C=O) groups excluding carboxylic acids is 2. The van der Waals surface area contributed by atoms with Gasteiger partial charge in [0.2, 0.25) is 11.4 Å². The monoisotopic (exact) mass is 505 g/mol. The first-order valence-electron chi connectivity index (χ1n) is 10.5. The van der Waals surface area contributed by atoms with Crippen LogP contribution >= 0.6 is 0 Å². The minimum Gasteiger partial charge on any atom is -0.479 e. The Morgan fingerprint density at radius 3 is 2.17 bits per heavy atom. The van der Waals surface area contributed by atoms with E-state index < -0.39 is 45.7 Å². The fraction of sp³-hybridized carbons (Fsp3) is 0.292. The van der Waals surface area contributed by atoms with E-state index in [1.165, 1.54) is 30.2 Å². The van der Waals surface area contributed by atoms with E-state index in [0.717, 1.165) is 12.4 Å². The fourth-order valence-electron chi connectivity index (χ4n) is 3.60. The van der Waals surface area contributed by atoms with Crippen molar-refractivity contribution in [1.82, 2.24) is 5.01 Å². The molecule has 0 aliphatic heterocycles. The van der Waals surface area contributed by atoms with E-state index in [-0.39, 0.29) is 22.7 Å². The second-order valence-electron chi connectivity index (χ2n) is 9.08. The summed E-state index contributed by atoms with van der Waals surface area (Å²) in [6.07, 6.45) is -4.33. The van der Waals surface area contributed by atoms with Gasteiger partial charge in [-0.3, -0.25) is 9.80 Å². The third kappa shape index (κ3) is 5.91. The smallest absolute Gasteiger partial charge is 0.416 e. The molecule has 0 bridgehead atoms. The molecule has 6 N–H and O–H groups in total. The fourth-order valence-corrected chi connectivity index (χ4v) is 3.60. The van der Waals surface area contributed by atoms with Crippen molar-refractivity contribution in [2.24, 2.45) is 22.2 Å². The van der Waals surface area contributed by atoms with Crippen LogP contribution in [0.3, 0.4) is 0 Å². The second kappa shape index (κ2) is 10.6. The first-order chi connectivity index (χ1) is 16.7. The molecule has 9 nitrogen and oxygen atoms in total. The number of halogens is 3. The number of benzene rings is 2. The molecule has 0 aliphatic carbocycles. The molecule has 1 amide bonds. The van der Waals surface area contributed by atoms with Crippen LogP contribution in [0.4, 0.5) is 18.9 Å². The molecule has 36 heavy (non-hydrogen) atoms. The van der Waals surface area contributed by atoms with Crippen molar-refractivity contribution in [3.05, 3.63) is 65.2 Å². The lowest BCUT2D eigenvalue weighted by molar-refractivity contribution is -0.157. The molecule has 0 aromatic heterocycles. The molecule has 12 heteroatoms. The minimum absolute atomic E-state index is 0.00986. The molecule has 1 atom stereocenters. The zero-order valence-corrected chi connectivity index (χ0v) is 19.8. The highest BCUT2D eigenvalue weighted by atomic mass is 19.4. The van der Waals surface area contributed by atoms with Gasteiger partial charge in [-0.05, 0) is 34.7 Å². The molecular formula is C24H26F3N5O4. The van der Waals surface area contributed by atoms with Crippen LogP contribution in [0.2, 0.25) is 0 Å². The zero-order valence-electron chi connectivity index (χ0n) is 19.8. The van der Waals surface area contributed by atoms with Crippen molar-refractivity contribution in [3.8, 4) is 0 Å². The van der Waals surface area contributed by atoms with Gasteiger partial charge in [0.15, 0.2) is 0 Å². The van der Waals surface area contributed by atoms with Crippen molar-refractivity contribution in [3.63, 3.8) is 0 Å². The maximum atomic E-state index is 13.8. The lowest BCUT2D eigenvalue weighted by Gasteiger charge is -2.39. The number of carboxylic acid groups (broad SMARTS) is 1. The van der Waals surface area contributed by atoms with Crippen LogP contribution in [0.1, 0.15) is 43.9 Å². The van der Waals surface area contributed by atoms with E-state index in [0.29, 0.717) is 12.1 Å². The van der Waals surface area contributed by atoms with Crippen molar-refractivity contribution in [2.75, 3.05) is 5.32 Å². The first kappa shape index (κ1) is 28.1. The van der Waals surface area contributed by atoms with Gasteiger partial charge in [-0.1, -0.05) is 51.1 Å². The van der Waals surface area contributed by atoms with Gasteiger partial charge in [0.25, 0.3) is 0 Å². The van der Waals surface area contributed by atoms with Crippen LogP contribution in [-0.4, -0.2) is 34.3 Å². The van der Waals surface area contributed by atoms with Crippen molar-refractivity contribution >= 4 is 35.4 Å². The quantitative estimate of drug-likeness (QED) is 0.107. The number of hydrazine groups is 1. The number of hydrazone groups is 1. The Labute approximate surface area is 205 Å². The molecule has 2 aromatic carbocycles. The second-order valence-corrected chi connectivity index (χ2v) is 9.08. The Morgan fingerprint density at radius 1 is 1.11 bits per heavy atom. The number of nitrogens with two attached hydrogens (primary N) is 2. The highest BCUT2D eigenvalue weighted by Crippen LogP contribution is 2.43. The summed E-state index contributed by atoms with van der Waals surface area (Å²) in [5.74, 6) is 9.87. The molecule has 0 radical (unpaired) electrons. The van der Waals surface area contributed by atoms with E-state index in [1.54, 1.807) is 26.8 Å². The Bertz CT molecular complexity index is 1200. The number of hydrogen-bond donors (Lipinski definition) is 4. The summed E-state index contributed by atoms with van der Waals surface area (Å²) in [6, 6.07) is 9.46. The van der Waals surface area contributed by atoms with Crippen molar-refractivity contribution in [1.29, 1.82) is 0 Å². The van der Waals surface area contributed by atoms with Crippen LogP contribution in [-0.2, 0) is 26.1 Å². The van der Waals surface area contributed by atoms with Crippen LogP contribution in [0.25, 0.3) is 5.57 Å². The normalized spacial score (nSPS) is 13.5. The highest BCUT2D eigenvalue weighted by molar-refractivity contribution is 6.08. The third-order valence-electron chi connectivity index (χ3n) is 5.13. The average molecular weight is 505 g/mol. The number of nitrogens with one attached hydrogen (secondary N) is 1. The molecule has 0 fully saturated rings. The molecule has 0 saturated heterocycles. The summed E-state index contributed by atoms with van der Waals surface area (Å²) in [7, 11) is 0. The van der Waals surface area contributed by atoms with Gasteiger partial charge in [0.05, 0.1) is 11.1 Å². The summed E-state index contributed by atoms with van der Waals surface area (Å²) in [5, 5.41) is 16.3. The zero-order chi connectivity index (χ0) is 27.3. The van der Waals surface area contributed by atoms with E-state index >= 15 is 0 Å². The molecule has 2 aromatic rings. The standard InChI is InChI=1S/C24H26F3N5O4/c1-22(2,3)12-20(34)32(29)23(21(35)36,19(13-33)15-7-5-4-6-8-15)16-9-17(24(25,26)27)11-18(10-16)30-14-31-28/h4-11,14H,12,28-29H2,1-3H3,(H,30,31)(H,35,36)/t23-/m0/s1. The van der Waals surface area contributed by atoms with E-state index in [2.05, 4.69) is 10.4 Å². The molecule has 0 saturated carbocycles. The van der Waals surface area contributed by atoms with Gasteiger partial charge in [-0.2, -0.15) is 18.3 Å². The van der Waals surface area contributed by atoms with Gasteiger partial charge in [0, 0.05) is 12.1 Å². The van der Waals surface area contributed by atoms with E-state index in [1.807, 2.05) is 0 Å². The van der Waals surface area contributed by atoms with Gasteiger partial charge in [-0.25, -0.2) is 15.4 Å². The maximum Gasteiger partial charge on any atom is 0.416 e. The predicted octanol–water partition coefficient (Wildman–Crippen LogP) is 3.35. The highest BCUT2D eigenvalue weighted by Gasteiger charge is 2.53. The topological polar surface area (TPSA) is 151 Å². The van der Waals surface area contributed by atoms with Crippen LogP contribution in [0.5, 0.6) is 0 Å². The minimum atomic E-state index is -4.93. The molecule has 0 heterocycles. The van der Waals surface area contributed by atoms with Gasteiger partial charge in [-0.15, -0.1) is 0 Å². The van der Waals surface area contributed by atoms with Gasteiger partial charge < -0.3 is 16.3 Å². The van der Waals surface area contributed by atoms with Crippen LogP contribution in [0, 0.1) is 5.41 Å². The Morgan fingerprint density at radius 2 is 1.69 bits per heavy atom. The summed E-state index contributed by atoms with van der Waals surface area (Å²) in [5.41, 5.74) is -6.40. The van der Waals surface area contributed by atoms with Gasteiger partial charge >= 0.3 is 12.1 Å². The molecule has 0 spiro atoms. The van der Waals surface area contributed by atoms with Gasteiger partial charge in [0.1, 0.15) is 12.3 Å². The number of nitrogens with zero attached hydrogens (tertiary/aromatic N) is 2. The molecule has 2 rings (SSSR count). The first-order valence-corrected chi connectivity index (χ1v) is 10.5.